The molecule has 1 heterocycles. The van der Waals surface area contributed by atoms with E-state index in [2.05, 4.69) is 29.1 Å². The van der Waals surface area contributed by atoms with Crippen LogP contribution in [-0.2, 0) is 6.54 Å². The van der Waals surface area contributed by atoms with E-state index in [-0.39, 0.29) is 5.02 Å². The van der Waals surface area contributed by atoms with Crippen LogP contribution in [0.2, 0.25) is 5.02 Å². The Hall–Kier alpha value is -1.39. The third kappa shape index (κ3) is 3.55. The molecule has 1 aromatic carbocycles. The van der Waals surface area contributed by atoms with Gasteiger partial charge in [-0.25, -0.2) is 9.37 Å². The number of rotatable bonds is 5. The molecular formula is C14H17ClFN3. The highest BCUT2D eigenvalue weighted by Gasteiger charge is 2.07. The molecule has 0 radical (unpaired) electrons. The van der Waals surface area contributed by atoms with Crippen molar-refractivity contribution in [2.24, 2.45) is 0 Å². The predicted octanol–water partition coefficient (Wildman–Crippen LogP) is 3.76. The average molecular weight is 282 g/mol. The second-order valence-electron chi connectivity index (χ2n) is 4.56. The van der Waals surface area contributed by atoms with Crippen LogP contribution in [0, 0.1) is 5.82 Å². The Labute approximate surface area is 117 Å². The number of imidazole rings is 1. The molecule has 0 fully saturated rings. The first-order valence-corrected chi connectivity index (χ1v) is 6.70. The lowest BCUT2D eigenvalue weighted by Gasteiger charge is -2.08. The van der Waals surface area contributed by atoms with Gasteiger partial charge in [0.25, 0.3) is 0 Å². The summed E-state index contributed by atoms with van der Waals surface area (Å²) in [7, 11) is 0. The van der Waals surface area contributed by atoms with E-state index in [1.807, 2.05) is 0 Å². The van der Waals surface area contributed by atoms with Crippen LogP contribution in [0.1, 0.15) is 26.1 Å². The van der Waals surface area contributed by atoms with E-state index in [1.165, 1.54) is 6.07 Å². The molecule has 0 aliphatic heterocycles. The highest BCUT2D eigenvalue weighted by Crippen LogP contribution is 2.23. The van der Waals surface area contributed by atoms with Crippen molar-refractivity contribution in [2.45, 2.75) is 32.9 Å². The van der Waals surface area contributed by atoms with Gasteiger partial charge >= 0.3 is 0 Å². The number of hydrogen-bond donors (Lipinski definition) is 2. The van der Waals surface area contributed by atoms with E-state index in [0.29, 0.717) is 12.6 Å². The Morgan fingerprint density at radius 1 is 1.47 bits per heavy atom. The van der Waals surface area contributed by atoms with Crippen molar-refractivity contribution in [3.05, 3.63) is 41.1 Å². The summed E-state index contributed by atoms with van der Waals surface area (Å²) in [4.78, 5) is 7.50. The number of H-pyrrole nitrogens is 1. The van der Waals surface area contributed by atoms with Crippen molar-refractivity contribution in [1.82, 2.24) is 15.3 Å². The Morgan fingerprint density at radius 3 is 2.95 bits per heavy atom. The maximum atomic E-state index is 13.1. The highest BCUT2D eigenvalue weighted by atomic mass is 35.5. The van der Waals surface area contributed by atoms with Crippen LogP contribution < -0.4 is 5.32 Å². The molecule has 2 rings (SSSR count). The van der Waals surface area contributed by atoms with E-state index in [4.69, 9.17) is 11.6 Å². The molecule has 0 saturated carbocycles. The average Bonchev–Trinajstić information content (AvgIpc) is 2.88. The van der Waals surface area contributed by atoms with E-state index in [0.717, 1.165) is 23.5 Å². The fourth-order valence-electron chi connectivity index (χ4n) is 1.68. The highest BCUT2D eigenvalue weighted by molar-refractivity contribution is 6.31. The number of hydrogen-bond acceptors (Lipinski definition) is 2. The number of aromatic amines is 1. The molecule has 0 bridgehead atoms. The fourth-order valence-corrected chi connectivity index (χ4v) is 1.86. The Morgan fingerprint density at radius 2 is 2.26 bits per heavy atom. The van der Waals surface area contributed by atoms with Crippen molar-refractivity contribution < 1.29 is 4.39 Å². The lowest BCUT2D eigenvalue weighted by molar-refractivity contribution is 0.525. The summed E-state index contributed by atoms with van der Waals surface area (Å²) in [6, 6.07) is 5.08. The number of halogens is 2. The largest absolute Gasteiger partial charge is 0.341 e. The van der Waals surface area contributed by atoms with Crippen molar-refractivity contribution in [1.29, 1.82) is 0 Å². The summed E-state index contributed by atoms with van der Waals surface area (Å²) >= 11 is 5.77. The van der Waals surface area contributed by atoms with Gasteiger partial charge in [-0.1, -0.05) is 18.5 Å². The Balaban J connectivity index is 2.09. The smallest absolute Gasteiger partial charge is 0.141 e. The third-order valence-electron chi connectivity index (χ3n) is 3.09. The molecule has 0 aliphatic rings. The summed E-state index contributed by atoms with van der Waals surface area (Å²) in [5, 5.41) is 3.47. The second kappa shape index (κ2) is 6.17. The van der Waals surface area contributed by atoms with Gasteiger partial charge < -0.3 is 10.3 Å². The first-order valence-electron chi connectivity index (χ1n) is 6.32. The first-order chi connectivity index (χ1) is 9.10. The van der Waals surface area contributed by atoms with Crippen molar-refractivity contribution in [3.8, 4) is 11.3 Å². The number of aromatic nitrogens is 2. The molecule has 0 aliphatic carbocycles. The van der Waals surface area contributed by atoms with Gasteiger partial charge in [0.2, 0.25) is 0 Å². The molecule has 19 heavy (non-hydrogen) atoms. The van der Waals surface area contributed by atoms with Gasteiger partial charge in [-0.2, -0.15) is 0 Å². The van der Waals surface area contributed by atoms with E-state index >= 15 is 0 Å². The Kier molecular flexibility index (Phi) is 4.56. The lowest BCUT2D eigenvalue weighted by atomic mass is 10.2. The van der Waals surface area contributed by atoms with Gasteiger partial charge in [0, 0.05) is 11.6 Å². The first kappa shape index (κ1) is 14.0. The van der Waals surface area contributed by atoms with Crippen LogP contribution in [-0.4, -0.2) is 16.0 Å². The normalized spacial score (nSPS) is 12.6. The maximum Gasteiger partial charge on any atom is 0.141 e. The van der Waals surface area contributed by atoms with Crippen LogP contribution >= 0.6 is 11.6 Å². The van der Waals surface area contributed by atoms with Crippen LogP contribution in [0.25, 0.3) is 11.3 Å². The van der Waals surface area contributed by atoms with Crippen LogP contribution in [0.15, 0.2) is 24.4 Å². The molecular weight excluding hydrogens is 265 g/mol. The maximum absolute atomic E-state index is 13.1. The molecule has 0 amide bonds. The number of nitrogens with one attached hydrogen (secondary N) is 2. The zero-order chi connectivity index (χ0) is 13.8. The SMILES string of the molecule is CCC(C)NCc1ncc(-c2ccc(F)c(Cl)c2)[nH]1. The quantitative estimate of drug-likeness (QED) is 0.876. The summed E-state index contributed by atoms with van der Waals surface area (Å²) in [6.45, 7) is 4.94. The summed E-state index contributed by atoms with van der Waals surface area (Å²) in [5.41, 5.74) is 1.66. The van der Waals surface area contributed by atoms with Gasteiger partial charge in [0.15, 0.2) is 0 Å². The van der Waals surface area contributed by atoms with Crippen LogP contribution in [0.4, 0.5) is 4.39 Å². The Bertz CT molecular complexity index is 553. The van der Waals surface area contributed by atoms with Gasteiger partial charge in [0.1, 0.15) is 11.6 Å². The van der Waals surface area contributed by atoms with Crippen LogP contribution in [0.3, 0.4) is 0 Å². The molecule has 0 saturated heterocycles. The molecule has 2 N–H and O–H groups in total. The number of nitrogens with zero attached hydrogens (tertiary/aromatic N) is 1. The van der Waals surface area contributed by atoms with Crippen LogP contribution in [0.5, 0.6) is 0 Å². The standard InChI is InChI=1S/C14H17ClFN3/c1-3-9(2)17-8-14-18-7-13(19-14)10-4-5-12(16)11(15)6-10/h4-7,9,17H,3,8H2,1-2H3,(H,18,19). The topological polar surface area (TPSA) is 40.7 Å². The third-order valence-corrected chi connectivity index (χ3v) is 3.38. The van der Waals surface area contributed by atoms with E-state index < -0.39 is 5.82 Å². The van der Waals surface area contributed by atoms with Gasteiger partial charge in [-0.05, 0) is 31.5 Å². The van der Waals surface area contributed by atoms with Gasteiger partial charge in [-0.3, -0.25) is 0 Å². The zero-order valence-electron chi connectivity index (χ0n) is 11.0. The minimum Gasteiger partial charge on any atom is -0.341 e. The van der Waals surface area contributed by atoms with E-state index in [9.17, 15) is 4.39 Å². The summed E-state index contributed by atoms with van der Waals surface area (Å²) < 4.78 is 13.1. The molecule has 1 unspecified atom stereocenters. The van der Waals surface area contributed by atoms with E-state index in [1.54, 1.807) is 18.3 Å². The van der Waals surface area contributed by atoms with Crippen molar-refractivity contribution in [3.63, 3.8) is 0 Å². The summed E-state index contributed by atoms with van der Waals surface area (Å²) in [5.74, 6) is 0.444. The van der Waals surface area contributed by atoms with Gasteiger partial charge in [0.05, 0.1) is 23.5 Å². The zero-order valence-corrected chi connectivity index (χ0v) is 11.8. The molecule has 3 nitrogen and oxygen atoms in total. The van der Waals surface area contributed by atoms with Gasteiger partial charge in [-0.15, -0.1) is 0 Å². The molecule has 1 aromatic heterocycles. The molecule has 1 atom stereocenters. The lowest BCUT2D eigenvalue weighted by Crippen LogP contribution is -2.24. The predicted molar refractivity (Wildman–Crippen MR) is 75.6 cm³/mol. The monoisotopic (exact) mass is 281 g/mol. The number of benzene rings is 1. The minimum absolute atomic E-state index is 0.117. The van der Waals surface area contributed by atoms with Crippen molar-refractivity contribution >= 4 is 11.6 Å². The fraction of sp³-hybridized carbons (Fsp3) is 0.357. The molecule has 2 aromatic rings. The van der Waals surface area contributed by atoms with Crippen molar-refractivity contribution in [2.75, 3.05) is 0 Å². The molecule has 5 heteroatoms. The molecule has 0 spiro atoms. The summed E-state index contributed by atoms with van der Waals surface area (Å²) in [6.07, 6.45) is 2.80. The second-order valence-corrected chi connectivity index (χ2v) is 4.97. The molecule has 102 valence electrons. The minimum atomic E-state index is -0.413.